The smallest absolute Gasteiger partial charge is 0.225 e. The fourth-order valence-electron chi connectivity index (χ4n) is 2.18. The van der Waals surface area contributed by atoms with Gasteiger partial charge in [0.05, 0.1) is 6.26 Å². The predicted octanol–water partition coefficient (Wildman–Crippen LogP) is 2.89. The van der Waals surface area contributed by atoms with Crippen molar-refractivity contribution < 1.29 is 26.4 Å². The first-order valence-corrected chi connectivity index (χ1v) is 9.44. The highest BCUT2D eigenvalue weighted by atomic mass is 32.2. The number of rotatable bonds is 7. The maximum Gasteiger partial charge on any atom is 0.225 e. The highest BCUT2D eigenvalue weighted by molar-refractivity contribution is 7.88. The maximum atomic E-state index is 13.1. The van der Waals surface area contributed by atoms with Gasteiger partial charge >= 0.3 is 0 Å². The Hall–Kier alpha value is -2.39. The molecule has 26 heavy (non-hydrogen) atoms. The fourth-order valence-corrected chi connectivity index (χ4v) is 2.99. The lowest BCUT2D eigenvalue weighted by Gasteiger charge is -2.20. The van der Waals surface area contributed by atoms with Crippen molar-refractivity contribution in [2.75, 3.05) is 18.1 Å². The second kappa shape index (κ2) is 8.33. The topological polar surface area (TPSA) is 66.5 Å². The lowest BCUT2D eigenvalue weighted by molar-refractivity contribution is -0.116. The van der Waals surface area contributed by atoms with Crippen molar-refractivity contribution in [3.05, 3.63) is 65.5 Å². The van der Waals surface area contributed by atoms with Crippen LogP contribution in [-0.2, 0) is 21.4 Å². The van der Waals surface area contributed by atoms with Crippen molar-refractivity contribution in [2.24, 2.45) is 0 Å². The number of anilines is 1. The van der Waals surface area contributed by atoms with Crippen LogP contribution in [0.2, 0.25) is 0 Å². The third-order valence-corrected chi connectivity index (χ3v) is 4.78. The van der Waals surface area contributed by atoms with Gasteiger partial charge in [-0.05, 0) is 29.8 Å². The normalized spacial score (nSPS) is 11.6. The Morgan fingerprint density at radius 1 is 1.04 bits per heavy atom. The molecule has 140 valence electrons. The molecule has 0 aromatic heterocycles. The molecule has 2 rings (SSSR count). The summed E-state index contributed by atoms with van der Waals surface area (Å²) in [5.41, 5.74) is 0.635. The summed E-state index contributed by atoms with van der Waals surface area (Å²) in [4.78, 5) is 11.9. The number of sulfonamides is 1. The van der Waals surface area contributed by atoms with Gasteiger partial charge in [0.25, 0.3) is 0 Å². The van der Waals surface area contributed by atoms with Crippen LogP contribution in [0.15, 0.2) is 42.5 Å². The molecule has 5 nitrogen and oxygen atoms in total. The SMILES string of the molecule is CS(=O)(=O)N(CCC(=O)Nc1ccc(F)c(F)c1)Cc1ccc(F)cc1. The van der Waals surface area contributed by atoms with Crippen molar-refractivity contribution >= 4 is 21.6 Å². The van der Waals surface area contributed by atoms with Gasteiger partial charge in [-0.3, -0.25) is 4.79 Å². The molecule has 0 heterocycles. The van der Waals surface area contributed by atoms with Crippen LogP contribution in [-0.4, -0.2) is 31.4 Å². The monoisotopic (exact) mass is 386 g/mol. The van der Waals surface area contributed by atoms with Gasteiger partial charge in [0.1, 0.15) is 5.82 Å². The van der Waals surface area contributed by atoms with Gasteiger partial charge < -0.3 is 5.32 Å². The first kappa shape index (κ1) is 19.9. The van der Waals surface area contributed by atoms with Crippen LogP contribution >= 0.6 is 0 Å². The van der Waals surface area contributed by atoms with Crippen LogP contribution in [0, 0.1) is 17.5 Å². The zero-order chi connectivity index (χ0) is 19.3. The average Bonchev–Trinajstić information content (AvgIpc) is 2.55. The van der Waals surface area contributed by atoms with Gasteiger partial charge in [-0.2, -0.15) is 4.31 Å². The van der Waals surface area contributed by atoms with E-state index in [4.69, 9.17) is 0 Å². The minimum atomic E-state index is -3.60. The number of carbonyl (C=O) groups excluding carboxylic acids is 1. The zero-order valence-corrected chi connectivity index (χ0v) is 14.7. The van der Waals surface area contributed by atoms with Crippen LogP contribution in [0.5, 0.6) is 0 Å². The number of benzene rings is 2. The summed E-state index contributed by atoms with van der Waals surface area (Å²) in [7, 11) is -3.60. The average molecular weight is 386 g/mol. The lowest BCUT2D eigenvalue weighted by atomic mass is 10.2. The van der Waals surface area contributed by atoms with Crippen LogP contribution in [0.4, 0.5) is 18.9 Å². The van der Waals surface area contributed by atoms with E-state index in [1.807, 2.05) is 0 Å². The molecule has 2 aromatic rings. The summed E-state index contributed by atoms with van der Waals surface area (Å²) < 4.78 is 63.8. The quantitative estimate of drug-likeness (QED) is 0.796. The Balaban J connectivity index is 1.98. The van der Waals surface area contributed by atoms with Crippen LogP contribution in [0.3, 0.4) is 0 Å². The molecule has 1 amide bonds. The molecule has 0 aliphatic carbocycles. The second-order valence-corrected chi connectivity index (χ2v) is 7.63. The molecular weight excluding hydrogens is 369 g/mol. The maximum absolute atomic E-state index is 13.1. The number of hydrogen-bond acceptors (Lipinski definition) is 3. The van der Waals surface area contributed by atoms with Crippen molar-refractivity contribution in [3.8, 4) is 0 Å². The highest BCUT2D eigenvalue weighted by Crippen LogP contribution is 2.14. The molecule has 9 heteroatoms. The lowest BCUT2D eigenvalue weighted by Crippen LogP contribution is -2.32. The molecule has 0 aliphatic rings. The minimum Gasteiger partial charge on any atom is -0.326 e. The fraction of sp³-hybridized carbons (Fsp3) is 0.235. The van der Waals surface area contributed by atoms with E-state index < -0.39 is 33.4 Å². The molecule has 0 saturated carbocycles. The summed E-state index contributed by atoms with van der Waals surface area (Å²) >= 11 is 0. The largest absolute Gasteiger partial charge is 0.326 e. The van der Waals surface area contributed by atoms with Gasteiger partial charge in [-0.1, -0.05) is 12.1 Å². The second-order valence-electron chi connectivity index (χ2n) is 5.65. The van der Waals surface area contributed by atoms with E-state index in [2.05, 4.69) is 5.32 Å². The number of nitrogens with one attached hydrogen (secondary N) is 1. The Morgan fingerprint density at radius 3 is 2.27 bits per heavy atom. The number of amides is 1. The van der Waals surface area contributed by atoms with Gasteiger partial charge in [0, 0.05) is 31.3 Å². The van der Waals surface area contributed by atoms with Crippen molar-refractivity contribution in [3.63, 3.8) is 0 Å². The molecule has 0 bridgehead atoms. The highest BCUT2D eigenvalue weighted by Gasteiger charge is 2.18. The first-order valence-electron chi connectivity index (χ1n) is 7.59. The van der Waals surface area contributed by atoms with Crippen LogP contribution < -0.4 is 5.32 Å². The number of halogens is 3. The molecule has 0 unspecified atom stereocenters. The molecular formula is C17H17F3N2O3S. The molecule has 0 saturated heterocycles. The van der Waals surface area contributed by atoms with Gasteiger partial charge in [-0.15, -0.1) is 0 Å². The molecule has 1 N–H and O–H groups in total. The Kier molecular flexibility index (Phi) is 6.38. The van der Waals surface area contributed by atoms with Crippen molar-refractivity contribution in [1.29, 1.82) is 0 Å². The standard InChI is InChI=1S/C17H17F3N2O3S/c1-26(24,25)22(11-12-2-4-13(18)5-3-12)9-8-17(23)21-14-6-7-15(19)16(20)10-14/h2-7,10H,8-9,11H2,1H3,(H,21,23). The van der Waals surface area contributed by atoms with E-state index >= 15 is 0 Å². The third-order valence-electron chi connectivity index (χ3n) is 3.53. The zero-order valence-electron chi connectivity index (χ0n) is 13.9. The van der Waals surface area contributed by atoms with E-state index in [9.17, 15) is 26.4 Å². The number of nitrogens with zero attached hydrogens (tertiary/aromatic N) is 1. The van der Waals surface area contributed by atoms with E-state index in [0.717, 1.165) is 22.7 Å². The Bertz CT molecular complexity index is 887. The van der Waals surface area contributed by atoms with E-state index in [1.54, 1.807) is 0 Å². The van der Waals surface area contributed by atoms with Crippen molar-refractivity contribution in [2.45, 2.75) is 13.0 Å². The number of hydrogen-bond donors (Lipinski definition) is 1. The Morgan fingerprint density at radius 2 is 1.69 bits per heavy atom. The summed E-state index contributed by atoms with van der Waals surface area (Å²) in [5.74, 6) is -3.13. The minimum absolute atomic E-state index is 0.0163. The third kappa shape index (κ3) is 5.85. The van der Waals surface area contributed by atoms with Gasteiger partial charge in [0.15, 0.2) is 11.6 Å². The predicted molar refractivity (Wildman–Crippen MR) is 91.3 cm³/mol. The summed E-state index contributed by atoms with van der Waals surface area (Å²) in [6.45, 7) is -0.136. The van der Waals surface area contributed by atoms with Gasteiger partial charge in [-0.25, -0.2) is 21.6 Å². The Labute approximate surface area is 149 Å². The van der Waals surface area contributed by atoms with Crippen LogP contribution in [0.1, 0.15) is 12.0 Å². The molecule has 0 radical (unpaired) electrons. The molecule has 0 fully saturated rings. The molecule has 2 aromatic carbocycles. The molecule has 0 aliphatic heterocycles. The van der Waals surface area contributed by atoms with Crippen molar-refractivity contribution in [1.82, 2.24) is 4.31 Å². The van der Waals surface area contributed by atoms with E-state index in [-0.39, 0.29) is 25.2 Å². The van der Waals surface area contributed by atoms with E-state index in [0.29, 0.717) is 5.56 Å². The summed E-state index contributed by atoms with van der Waals surface area (Å²) in [5, 5.41) is 2.37. The first-order chi connectivity index (χ1) is 12.1. The van der Waals surface area contributed by atoms with Gasteiger partial charge in [0.2, 0.25) is 15.9 Å². The van der Waals surface area contributed by atoms with Crippen LogP contribution in [0.25, 0.3) is 0 Å². The molecule has 0 spiro atoms. The molecule has 0 atom stereocenters. The number of carbonyl (C=O) groups is 1. The summed E-state index contributed by atoms with van der Waals surface area (Å²) in [6.07, 6.45) is 0.817. The summed E-state index contributed by atoms with van der Waals surface area (Å²) in [6, 6.07) is 8.24. The van der Waals surface area contributed by atoms with E-state index in [1.165, 1.54) is 30.3 Å².